The molecule has 0 radical (unpaired) electrons. The largest absolute Gasteiger partial charge is 0.331 e. The quantitative estimate of drug-likeness (QED) is 0.739. The molecule has 2 heterocycles. The molecule has 102 valence electrons. The molecule has 1 N–H and O–H groups in total. The summed E-state index contributed by atoms with van der Waals surface area (Å²) >= 11 is 5.54. The first-order valence-corrected chi connectivity index (χ1v) is 7.23. The van der Waals surface area contributed by atoms with Gasteiger partial charge in [0.2, 0.25) is 0 Å². The van der Waals surface area contributed by atoms with Crippen molar-refractivity contribution in [3.63, 3.8) is 0 Å². The zero-order chi connectivity index (χ0) is 13.9. The molecule has 2 unspecified atom stereocenters. The molecule has 1 aromatic carbocycles. The summed E-state index contributed by atoms with van der Waals surface area (Å²) in [4.78, 5) is 5.80. The van der Waals surface area contributed by atoms with Gasteiger partial charge in [-0.1, -0.05) is 12.1 Å². The second kappa shape index (κ2) is 3.93. The van der Waals surface area contributed by atoms with Crippen molar-refractivity contribution in [2.24, 2.45) is 0 Å². The molecule has 0 amide bonds. The highest BCUT2D eigenvalue weighted by atomic mass is 32.1. The number of benzene rings is 1. The van der Waals surface area contributed by atoms with E-state index in [2.05, 4.69) is 67.4 Å². The molecule has 0 aliphatic carbocycles. The Morgan fingerprint density at radius 1 is 1.21 bits per heavy atom. The third-order valence-electron chi connectivity index (χ3n) is 4.99. The Morgan fingerprint density at radius 3 is 2.58 bits per heavy atom. The van der Waals surface area contributed by atoms with Crippen molar-refractivity contribution in [2.75, 3.05) is 7.05 Å². The smallest absolute Gasteiger partial charge is 0.178 e. The van der Waals surface area contributed by atoms with Crippen LogP contribution < -0.4 is 0 Å². The number of aromatic nitrogens is 2. The van der Waals surface area contributed by atoms with Gasteiger partial charge in [0.15, 0.2) is 4.77 Å². The molecular formula is C15H21N3S. The molecule has 19 heavy (non-hydrogen) atoms. The lowest BCUT2D eigenvalue weighted by Crippen LogP contribution is -2.45. The van der Waals surface area contributed by atoms with E-state index in [-0.39, 0.29) is 5.54 Å². The number of H-pyrrole nitrogens is 1. The highest BCUT2D eigenvalue weighted by Gasteiger charge is 2.37. The molecule has 1 aliphatic rings. The molecule has 1 aliphatic heterocycles. The standard InChI is InChI=1S/C15H21N3S/c1-9-10(2)18-13-11(15(3,4)17(9)5)7-6-8-12(13)16-14(18)19/h6-10H,1-5H3,(H,16,19). The molecule has 0 saturated carbocycles. The number of hydrogen-bond acceptors (Lipinski definition) is 2. The van der Waals surface area contributed by atoms with Gasteiger partial charge in [-0.15, -0.1) is 0 Å². The van der Waals surface area contributed by atoms with Crippen LogP contribution in [0, 0.1) is 4.77 Å². The number of para-hydroxylation sites is 1. The van der Waals surface area contributed by atoms with Crippen molar-refractivity contribution in [1.82, 2.24) is 14.5 Å². The zero-order valence-electron chi connectivity index (χ0n) is 12.2. The van der Waals surface area contributed by atoms with Gasteiger partial charge in [0.25, 0.3) is 0 Å². The molecule has 0 fully saturated rings. The normalized spacial score (nSPS) is 26.6. The van der Waals surface area contributed by atoms with E-state index in [0.29, 0.717) is 12.1 Å². The Hall–Kier alpha value is -1.13. The third kappa shape index (κ3) is 1.56. The fraction of sp³-hybridized carbons (Fsp3) is 0.533. The summed E-state index contributed by atoms with van der Waals surface area (Å²) < 4.78 is 3.11. The van der Waals surface area contributed by atoms with Crippen LogP contribution in [0.25, 0.3) is 11.0 Å². The van der Waals surface area contributed by atoms with Gasteiger partial charge in [-0.05, 0) is 58.6 Å². The van der Waals surface area contributed by atoms with Crippen molar-refractivity contribution >= 4 is 23.3 Å². The number of rotatable bonds is 0. The minimum atomic E-state index is -0.00456. The Balaban J connectivity index is 2.49. The first-order chi connectivity index (χ1) is 8.85. The maximum absolute atomic E-state index is 5.54. The minimum absolute atomic E-state index is 0.00456. The van der Waals surface area contributed by atoms with E-state index < -0.39 is 0 Å². The number of nitrogens with one attached hydrogen (secondary N) is 1. The summed E-state index contributed by atoms with van der Waals surface area (Å²) in [5.41, 5.74) is 3.75. The maximum Gasteiger partial charge on any atom is 0.178 e. The van der Waals surface area contributed by atoms with Crippen LogP contribution in [0.5, 0.6) is 0 Å². The molecule has 0 spiro atoms. The lowest BCUT2D eigenvalue weighted by molar-refractivity contribution is 0.0898. The predicted molar refractivity (Wildman–Crippen MR) is 82.1 cm³/mol. The van der Waals surface area contributed by atoms with Gasteiger partial charge < -0.3 is 9.55 Å². The molecule has 2 aromatic rings. The third-order valence-corrected chi connectivity index (χ3v) is 5.29. The molecular weight excluding hydrogens is 254 g/mol. The average molecular weight is 275 g/mol. The first-order valence-electron chi connectivity index (χ1n) is 6.82. The Kier molecular flexibility index (Phi) is 2.67. The Bertz CT molecular complexity index is 695. The van der Waals surface area contributed by atoms with E-state index in [0.717, 1.165) is 10.3 Å². The van der Waals surface area contributed by atoms with Crippen LogP contribution in [-0.4, -0.2) is 27.5 Å². The zero-order valence-corrected chi connectivity index (χ0v) is 13.0. The first kappa shape index (κ1) is 12.9. The van der Waals surface area contributed by atoms with Crippen LogP contribution >= 0.6 is 12.2 Å². The van der Waals surface area contributed by atoms with Crippen LogP contribution in [0.4, 0.5) is 0 Å². The Labute approximate surface area is 119 Å². The number of imidazole rings is 1. The van der Waals surface area contributed by atoms with Gasteiger partial charge in [0.05, 0.1) is 11.0 Å². The van der Waals surface area contributed by atoms with Gasteiger partial charge >= 0.3 is 0 Å². The highest BCUT2D eigenvalue weighted by molar-refractivity contribution is 7.71. The van der Waals surface area contributed by atoms with Crippen LogP contribution in [0.15, 0.2) is 18.2 Å². The molecule has 2 atom stereocenters. The fourth-order valence-corrected chi connectivity index (χ4v) is 3.67. The minimum Gasteiger partial charge on any atom is -0.331 e. The van der Waals surface area contributed by atoms with Crippen LogP contribution in [0.1, 0.15) is 39.3 Å². The van der Waals surface area contributed by atoms with E-state index >= 15 is 0 Å². The number of nitrogens with zero attached hydrogens (tertiary/aromatic N) is 2. The van der Waals surface area contributed by atoms with Gasteiger partial charge in [0, 0.05) is 17.6 Å². The SMILES string of the molecule is CC1C(C)n2c(=S)[nH]c3cccc(c32)C(C)(C)N1C. The van der Waals surface area contributed by atoms with Gasteiger partial charge in [-0.25, -0.2) is 0 Å². The molecule has 3 rings (SSSR count). The van der Waals surface area contributed by atoms with Gasteiger partial charge in [0.1, 0.15) is 0 Å². The summed E-state index contributed by atoms with van der Waals surface area (Å²) in [7, 11) is 2.21. The topological polar surface area (TPSA) is 24.0 Å². The number of hydrogen-bond donors (Lipinski definition) is 1. The lowest BCUT2D eigenvalue weighted by Gasteiger charge is -2.40. The van der Waals surface area contributed by atoms with E-state index in [4.69, 9.17) is 12.2 Å². The second-order valence-corrected chi connectivity index (χ2v) is 6.54. The molecule has 0 bridgehead atoms. The fourth-order valence-electron chi connectivity index (χ4n) is 3.30. The summed E-state index contributed by atoms with van der Waals surface area (Å²) in [6, 6.07) is 7.23. The summed E-state index contributed by atoms with van der Waals surface area (Å²) in [6.07, 6.45) is 0. The van der Waals surface area contributed by atoms with Gasteiger partial charge in [-0.3, -0.25) is 4.90 Å². The lowest BCUT2D eigenvalue weighted by atomic mass is 9.91. The average Bonchev–Trinajstić information content (AvgIpc) is 2.68. The van der Waals surface area contributed by atoms with Crippen LogP contribution in [-0.2, 0) is 5.54 Å². The summed E-state index contributed by atoms with van der Waals surface area (Å²) in [5.74, 6) is 0. The second-order valence-electron chi connectivity index (χ2n) is 6.15. The van der Waals surface area contributed by atoms with E-state index in [1.165, 1.54) is 11.1 Å². The van der Waals surface area contributed by atoms with Crippen molar-refractivity contribution in [1.29, 1.82) is 0 Å². The van der Waals surface area contributed by atoms with Gasteiger partial charge in [-0.2, -0.15) is 0 Å². The van der Waals surface area contributed by atoms with Crippen molar-refractivity contribution in [2.45, 2.75) is 45.3 Å². The van der Waals surface area contributed by atoms with Crippen molar-refractivity contribution in [3.8, 4) is 0 Å². The van der Waals surface area contributed by atoms with Crippen molar-refractivity contribution < 1.29 is 0 Å². The summed E-state index contributed by atoms with van der Waals surface area (Å²) in [5, 5.41) is 0. The predicted octanol–water partition coefficient (Wildman–Crippen LogP) is 3.83. The maximum atomic E-state index is 5.54. The molecule has 4 heteroatoms. The number of aromatic amines is 1. The highest BCUT2D eigenvalue weighted by Crippen LogP contribution is 2.40. The van der Waals surface area contributed by atoms with E-state index in [1.807, 2.05) is 0 Å². The molecule has 0 saturated heterocycles. The van der Waals surface area contributed by atoms with Crippen molar-refractivity contribution in [3.05, 3.63) is 28.5 Å². The van der Waals surface area contributed by atoms with E-state index in [1.54, 1.807) is 0 Å². The number of likely N-dealkylation sites (N-methyl/N-ethyl adjacent to an activating group) is 1. The molecule has 1 aromatic heterocycles. The Morgan fingerprint density at radius 2 is 1.89 bits per heavy atom. The monoisotopic (exact) mass is 275 g/mol. The van der Waals surface area contributed by atoms with Crippen LogP contribution in [0.3, 0.4) is 0 Å². The van der Waals surface area contributed by atoms with Crippen LogP contribution in [0.2, 0.25) is 0 Å². The summed E-state index contributed by atoms with van der Waals surface area (Å²) in [6.45, 7) is 9.11. The van der Waals surface area contributed by atoms with E-state index in [9.17, 15) is 0 Å². The molecule has 3 nitrogen and oxygen atoms in total.